The van der Waals surface area contributed by atoms with Crippen LogP contribution in [0, 0.1) is 0 Å². The zero-order chi connectivity index (χ0) is 20.9. The third-order valence-corrected chi connectivity index (χ3v) is 6.76. The lowest BCUT2D eigenvalue weighted by molar-refractivity contribution is 0.311. The summed E-state index contributed by atoms with van der Waals surface area (Å²) in [5.74, 6) is 3.09. The van der Waals surface area contributed by atoms with Crippen molar-refractivity contribution in [2.24, 2.45) is 0 Å². The van der Waals surface area contributed by atoms with Gasteiger partial charge in [-0.3, -0.25) is 4.98 Å². The van der Waals surface area contributed by atoms with Crippen LogP contribution in [-0.4, -0.2) is 33.2 Å². The highest BCUT2D eigenvalue weighted by molar-refractivity contribution is 5.48. The molecule has 1 aliphatic carbocycles. The van der Waals surface area contributed by atoms with Gasteiger partial charge in [-0.05, 0) is 61.8 Å². The van der Waals surface area contributed by atoms with E-state index in [1.54, 1.807) is 0 Å². The molecular weight excluding hydrogens is 386 g/mol. The average Bonchev–Trinajstić information content (AvgIpc) is 3.34. The lowest BCUT2D eigenvalue weighted by Gasteiger charge is -2.30. The van der Waals surface area contributed by atoms with Crippen molar-refractivity contribution in [1.82, 2.24) is 20.1 Å². The van der Waals surface area contributed by atoms with Gasteiger partial charge >= 0.3 is 0 Å². The molecule has 2 aliphatic rings. The molecule has 1 atom stereocenters. The number of rotatable bonds is 6. The second-order valence-corrected chi connectivity index (χ2v) is 8.90. The Bertz CT molecular complexity index is 961. The molecule has 0 radical (unpaired) electrons. The van der Waals surface area contributed by atoms with E-state index in [1.165, 1.54) is 44.1 Å². The maximum atomic E-state index is 5.78. The Kier molecular flexibility index (Phi) is 6.23. The van der Waals surface area contributed by atoms with Crippen LogP contribution in [0.15, 0.2) is 47.4 Å². The van der Waals surface area contributed by atoms with Crippen molar-refractivity contribution in [2.75, 3.05) is 18.0 Å². The van der Waals surface area contributed by atoms with E-state index in [4.69, 9.17) is 14.5 Å². The third kappa shape index (κ3) is 4.63. The van der Waals surface area contributed by atoms with Crippen LogP contribution in [0.5, 0.6) is 0 Å². The zero-order valence-electron chi connectivity index (χ0n) is 18.1. The van der Waals surface area contributed by atoms with Crippen molar-refractivity contribution in [1.29, 1.82) is 0 Å². The van der Waals surface area contributed by atoms with Crippen LogP contribution in [0.3, 0.4) is 0 Å². The number of anilines is 1. The molecule has 1 unspecified atom stereocenters. The first kappa shape index (κ1) is 20.2. The average molecular weight is 418 g/mol. The molecule has 6 heteroatoms. The van der Waals surface area contributed by atoms with E-state index in [0.717, 1.165) is 55.4 Å². The molecule has 5 rings (SSSR count). The minimum absolute atomic E-state index is 0.00234. The summed E-state index contributed by atoms with van der Waals surface area (Å²) in [6.07, 6.45) is 16.3. The summed E-state index contributed by atoms with van der Waals surface area (Å²) < 4.78 is 5.78. The first-order valence-electron chi connectivity index (χ1n) is 11.8. The summed E-state index contributed by atoms with van der Waals surface area (Å²) in [6, 6.07) is 8.33. The predicted molar refractivity (Wildman–Crippen MR) is 120 cm³/mol. The van der Waals surface area contributed by atoms with Crippen LogP contribution in [-0.2, 0) is 6.42 Å². The molecule has 0 N–H and O–H groups in total. The lowest BCUT2D eigenvalue weighted by atomic mass is 9.89. The molecule has 162 valence electrons. The van der Waals surface area contributed by atoms with Crippen LogP contribution < -0.4 is 4.90 Å². The molecule has 1 aliphatic heterocycles. The Morgan fingerprint density at radius 3 is 2.58 bits per heavy atom. The minimum atomic E-state index is 0.00234. The fourth-order valence-corrected chi connectivity index (χ4v) is 5.04. The van der Waals surface area contributed by atoms with E-state index >= 15 is 0 Å². The predicted octanol–water partition coefficient (Wildman–Crippen LogP) is 5.27. The number of hydrogen-bond acceptors (Lipinski definition) is 6. The third-order valence-electron chi connectivity index (χ3n) is 6.76. The number of aromatic nitrogens is 4. The molecule has 0 aromatic carbocycles. The fourth-order valence-electron chi connectivity index (χ4n) is 5.04. The lowest BCUT2D eigenvalue weighted by Crippen LogP contribution is -2.31. The van der Waals surface area contributed by atoms with Gasteiger partial charge in [-0.15, -0.1) is 0 Å². The maximum absolute atomic E-state index is 5.78. The van der Waals surface area contributed by atoms with Crippen molar-refractivity contribution < 1.29 is 4.52 Å². The molecule has 31 heavy (non-hydrogen) atoms. The molecule has 3 aromatic heterocycles. The largest absolute Gasteiger partial charge is 0.356 e. The second-order valence-electron chi connectivity index (χ2n) is 8.90. The van der Waals surface area contributed by atoms with Crippen LogP contribution in [0.25, 0.3) is 0 Å². The smallest absolute Gasteiger partial charge is 0.229 e. The Labute approximate surface area is 184 Å². The van der Waals surface area contributed by atoms with Gasteiger partial charge in [0.1, 0.15) is 5.82 Å². The van der Waals surface area contributed by atoms with Crippen LogP contribution in [0.1, 0.15) is 86.0 Å². The molecule has 1 saturated carbocycles. The molecule has 4 heterocycles. The molecule has 3 aromatic rings. The SMILES string of the molecule is c1cncc(C(Cc2cccnc2N2CCCCC2)c2noc(C3CCCCC3)n2)c1. The summed E-state index contributed by atoms with van der Waals surface area (Å²) >= 11 is 0. The van der Waals surface area contributed by atoms with Gasteiger partial charge in [0.15, 0.2) is 5.82 Å². The summed E-state index contributed by atoms with van der Waals surface area (Å²) in [5.41, 5.74) is 2.36. The van der Waals surface area contributed by atoms with Gasteiger partial charge in [0.25, 0.3) is 0 Å². The van der Waals surface area contributed by atoms with E-state index in [1.807, 2.05) is 30.7 Å². The highest BCUT2D eigenvalue weighted by atomic mass is 16.5. The summed E-state index contributed by atoms with van der Waals surface area (Å²) in [7, 11) is 0. The number of piperidine rings is 1. The Morgan fingerprint density at radius 1 is 0.968 bits per heavy atom. The van der Waals surface area contributed by atoms with E-state index in [2.05, 4.69) is 27.2 Å². The van der Waals surface area contributed by atoms with Crippen molar-refractivity contribution in [3.8, 4) is 0 Å². The van der Waals surface area contributed by atoms with Crippen molar-refractivity contribution in [3.63, 3.8) is 0 Å². The molecule has 0 bridgehead atoms. The highest BCUT2D eigenvalue weighted by Crippen LogP contribution is 2.34. The van der Waals surface area contributed by atoms with Crippen molar-refractivity contribution >= 4 is 5.82 Å². The van der Waals surface area contributed by atoms with Gasteiger partial charge in [-0.1, -0.05) is 36.6 Å². The maximum Gasteiger partial charge on any atom is 0.229 e. The highest BCUT2D eigenvalue weighted by Gasteiger charge is 2.27. The number of hydrogen-bond donors (Lipinski definition) is 0. The normalized spacial score (nSPS) is 18.8. The van der Waals surface area contributed by atoms with Crippen LogP contribution in [0.2, 0.25) is 0 Å². The standard InChI is InChI=1S/C25H31N5O/c1-3-9-19(10-4-1)25-28-23(29-31-25)22(21-12-7-13-26-18-21)17-20-11-8-14-27-24(20)30-15-5-2-6-16-30/h7-8,11-14,18-19,22H,1-6,9-10,15-17H2. The molecule has 2 fully saturated rings. The van der Waals surface area contributed by atoms with Crippen molar-refractivity contribution in [2.45, 2.75) is 69.6 Å². The molecule has 6 nitrogen and oxygen atoms in total. The minimum Gasteiger partial charge on any atom is -0.356 e. The molecule has 0 amide bonds. The van der Waals surface area contributed by atoms with Gasteiger partial charge in [0, 0.05) is 37.6 Å². The van der Waals surface area contributed by atoms with Gasteiger partial charge < -0.3 is 9.42 Å². The van der Waals surface area contributed by atoms with Gasteiger partial charge in [0.2, 0.25) is 5.89 Å². The molecular formula is C25H31N5O. The summed E-state index contributed by atoms with van der Waals surface area (Å²) in [6.45, 7) is 2.16. The van der Waals surface area contributed by atoms with E-state index in [-0.39, 0.29) is 5.92 Å². The molecule has 1 saturated heterocycles. The summed E-state index contributed by atoms with van der Waals surface area (Å²) in [4.78, 5) is 16.5. The zero-order valence-corrected chi connectivity index (χ0v) is 18.1. The Hall–Kier alpha value is -2.76. The summed E-state index contributed by atoms with van der Waals surface area (Å²) in [5, 5.41) is 4.46. The molecule has 0 spiro atoms. The first-order chi connectivity index (χ1) is 15.4. The Balaban J connectivity index is 1.45. The monoisotopic (exact) mass is 417 g/mol. The van der Waals surface area contributed by atoms with E-state index in [9.17, 15) is 0 Å². The van der Waals surface area contributed by atoms with Gasteiger partial charge in [0.05, 0.1) is 5.92 Å². The Morgan fingerprint density at radius 2 is 1.77 bits per heavy atom. The number of nitrogens with zero attached hydrogens (tertiary/aromatic N) is 5. The fraction of sp³-hybridized carbons (Fsp3) is 0.520. The number of pyridine rings is 2. The topological polar surface area (TPSA) is 67.9 Å². The van der Waals surface area contributed by atoms with E-state index < -0.39 is 0 Å². The van der Waals surface area contributed by atoms with Gasteiger partial charge in [-0.25, -0.2) is 4.98 Å². The van der Waals surface area contributed by atoms with E-state index in [0.29, 0.717) is 5.92 Å². The quantitative estimate of drug-likeness (QED) is 0.544. The van der Waals surface area contributed by atoms with Crippen molar-refractivity contribution in [3.05, 3.63) is 65.7 Å². The van der Waals surface area contributed by atoms with Gasteiger partial charge in [-0.2, -0.15) is 4.98 Å². The first-order valence-corrected chi connectivity index (χ1v) is 11.8. The van der Waals surface area contributed by atoms with Crippen LogP contribution in [0.4, 0.5) is 5.82 Å². The second kappa shape index (κ2) is 9.58. The van der Waals surface area contributed by atoms with Crippen LogP contribution >= 0.6 is 0 Å².